The molecule has 122 valence electrons. The standard InChI is InChI=1S/C16H21N5O2/c1-12-17-6-7-21(12)14-3-2-13(8-18-14)9-19-15(23)20-10-16(11-22)4-5-16/h2-3,6-8,22H,4-5,9-11H2,1H3,(H2,19,20,23). The van der Waals surface area contributed by atoms with Crippen LogP contribution in [-0.2, 0) is 6.54 Å². The molecule has 0 atom stereocenters. The van der Waals surface area contributed by atoms with Gasteiger partial charge in [0.15, 0.2) is 0 Å². The minimum absolute atomic E-state index is 0.0802. The number of nitrogens with zero attached hydrogens (tertiary/aromatic N) is 3. The topological polar surface area (TPSA) is 92.1 Å². The summed E-state index contributed by atoms with van der Waals surface area (Å²) in [4.78, 5) is 20.3. The number of aryl methyl sites for hydroxylation is 1. The van der Waals surface area contributed by atoms with Crippen LogP contribution in [0.15, 0.2) is 30.7 Å². The quantitative estimate of drug-likeness (QED) is 0.745. The predicted molar refractivity (Wildman–Crippen MR) is 85.1 cm³/mol. The van der Waals surface area contributed by atoms with Crippen LogP contribution in [0.2, 0.25) is 0 Å². The second-order valence-electron chi connectivity index (χ2n) is 6.06. The van der Waals surface area contributed by atoms with Gasteiger partial charge in [0.2, 0.25) is 0 Å². The van der Waals surface area contributed by atoms with Gasteiger partial charge in [0, 0.05) is 37.1 Å². The number of hydrogen-bond donors (Lipinski definition) is 3. The van der Waals surface area contributed by atoms with Gasteiger partial charge < -0.3 is 15.7 Å². The van der Waals surface area contributed by atoms with Crippen molar-refractivity contribution in [2.24, 2.45) is 5.41 Å². The molecule has 2 amide bonds. The van der Waals surface area contributed by atoms with Crippen LogP contribution >= 0.6 is 0 Å². The molecule has 0 radical (unpaired) electrons. The molecule has 2 heterocycles. The lowest BCUT2D eigenvalue weighted by atomic mass is 10.1. The van der Waals surface area contributed by atoms with Gasteiger partial charge in [-0.05, 0) is 31.4 Å². The number of amides is 2. The number of carbonyl (C=O) groups excluding carboxylic acids is 1. The Morgan fingerprint density at radius 3 is 2.74 bits per heavy atom. The monoisotopic (exact) mass is 315 g/mol. The van der Waals surface area contributed by atoms with E-state index in [1.807, 2.05) is 29.8 Å². The first kappa shape index (κ1) is 15.5. The number of aromatic nitrogens is 3. The summed E-state index contributed by atoms with van der Waals surface area (Å²) in [6.45, 7) is 2.98. The summed E-state index contributed by atoms with van der Waals surface area (Å²) >= 11 is 0. The molecule has 2 aromatic heterocycles. The number of imidazole rings is 1. The molecular formula is C16H21N5O2. The second-order valence-corrected chi connectivity index (χ2v) is 6.06. The van der Waals surface area contributed by atoms with Crippen molar-refractivity contribution >= 4 is 6.03 Å². The number of carbonyl (C=O) groups is 1. The van der Waals surface area contributed by atoms with E-state index in [2.05, 4.69) is 20.6 Å². The number of nitrogens with one attached hydrogen (secondary N) is 2. The van der Waals surface area contributed by atoms with Crippen molar-refractivity contribution in [2.45, 2.75) is 26.3 Å². The Labute approximate surface area is 134 Å². The third kappa shape index (κ3) is 3.68. The molecule has 0 spiro atoms. The highest BCUT2D eigenvalue weighted by Crippen LogP contribution is 2.44. The molecule has 23 heavy (non-hydrogen) atoms. The summed E-state index contributed by atoms with van der Waals surface area (Å²) < 4.78 is 1.90. The fourth-order valence-corrected chi connectivity index (χ4v) is 2.36. The van der Waals surface area contributed by atoms with Gasteiger partial charge in [-0.25, -0.2) is 14.8 Å². The van der Waals surface area contributed by atoms with E-state index in [1.165, 1.54) is 0 Å². The largest absolute Gasteiger partial charge is 0.396 e. The van der Waals surface area contributed by atoms with Crippen LogP contribution in [0, 0.1) is 12.3 Å². The van der Waals surface area contributed by atoms with Crippen molar-refractivity contribution in [3.8, 4) is 5.82 Å². The van der Waals surface area contributed by atoms with Crippen molar-refractivity contribution in [3.05, 3.63) is 42.1 Å². The molecule has 1 saturated carbocycles. The summed E-state index contributed by atoms with van der Waals surface area (Å²) in [5, 5.41) is 14.8. The fraction of sp³-hybridized carbons (Fsp3) is 0.438. The highest BCUT2D eigenvalue weighted by Gasteiger charge is 2.42. The Balaban J connectivity index is 1.49. The van der Waals surface area contributed by atoms with Crippen molar-refractivity contribution in [2.75, 3.05) is 13.2 Å². The Bertz CT molecular complexity index is 676. The maximum absolute atomic E-state index is 11.8. The van der Waals surface area contributed by atoms with E-state index in [-0.39, 0.29) is 18.1 Å². The average molecular weight is 315 g/mol. The van der Waals surface area contributed by atoms with Gasteiger partial charge in [0.05, 0.1) is 6.61 Å². The number of aliphatic hydroxyl groups excluding tert-OH is 1. The van der Waals surface area contributed by atoms with E-state index in [0.717, 1.165) is 30.0 Å². The lowest BCUT2D eigenvalue weighted by molar-refractivity contribution is 0.203. The maximum Gasteiger partial charge on any atom is 0.315 e. The number of aliphatic hydroxyl groups is 1. The lowest BCUT2D eigenvalue weighted by Gasteiger charge is -2.13. The highest BCUT2D eigenvalue weighted by molar-refractivity contribution is 5.73. The molecular weight excluding hydrogens is 294 g/mol. The molecule has 0 bridgehead atoms. The highest BCUT2D eigenvalue weighted by atomic mass is 16.3. The molecule has 0 saturated heterocycles. The number of hydrogen-bond acceptors (Lipinski definition) is 4. The van der Waals surface area contributed by atoms with Gasteiger partial charge in [-0.15, -0.1) is 0 Å². The first-order chi connectivity index (χ1) is 11.1. The van der Waals surface area contributed by atoms with E-state index in [9.17, 15) is 9.90 Å². The summed E-state index contributed by atoms with van der Waals surface area (Å²) in [7, 11) is 0. The third-order valence-electron chi connectivity index (χ3n) is 4.25. The molecule has 1 fully saturated rings. The average Bonchev–Trinajstić information content (AvgIpc) is 3.25. The smallest absolute Gasteiger partial charge is 0.315 e. The van der Waals surface area contributed by atoms with Crippen molar-refractivity contribution in [1.82, 2.24) is 25.2 Å². The first-order valence-corrected chi connectivity index (χ1v) is 7.70. The molecule has 2 aromatic rings. The Morgan fingerprint density at radius 2 is 2.17 bits per heavy atom. The second kappa shape index (κ2) is 6.37. The van der Waals surface area contributed by atoms with Gasteiger partial charge in [0.1, 0.15) is 11.6 Å². The molecule has 1 aliphatic rings. The number of pyridine rings is 1. The molecule has 7 nitrogen and oxygen atoms in total. The molecule has 0 aromatic carbocycles. The Morgan fingerprint density at radius 1 is 1.35 bits per heavy atom. The Hall–Kier alpha value is -2.41. The van der Waals surface area contributed by atoms with Crippen LogP contribution in [-0.4, -0.2) is 38.8 Å². The fourth-order valence-electron chi connectivity index (χ4n) is 2.36. The van der Waals surface area contributed by atoms with Crippen LogP contribution in [0.3, 0.4) is 0 Å². The van der Waals surface area contributed by atoms with Crippen molar-refractivity contribution in [1.29, 1.82) is 0 Å². The van der Waals surface area contributed by atoms with Crippen molar-refractivity contribution < 1.29 is 9.90 Å². The van der Waals surface area contributed by atoms with Crippen LogP contribution in [0.1, 0.15) is 24.2 Å². The summed E-state index contributed by atoms with van der Waals surface area (Å²) in [6.07, 6.45) is 7.28. The molecule has 1 aliphatic carbocycles. The number of rotatable bonds is 6. The summed E-state index contributed by atoms with van der Waals surface area (Å²) in [6, 6.07) is 3.60. The minimum Gasteiger partial charge on any atom is -0.396 e. The minimum atomic E-state index is -0.223. The molecule has 7 heteroatoms. The van der Waals surface area contributed by atoms with E-state index >= 15 is 0 Å². The van der Waals surface area contributed by atoms with Gasteiger partial charge in [-0.1, -0.05) is 6.07 Å². The van der Waals surface area contributed by atoms with E-state index in [4.69, 9.17) is 0 Å². The predicted octanol–water partition coefficient (Wildman–Crippen LogP) is 1.15. The van der Waals surface area contributed by atoms with Gasteiger partial charge >= 0.3 is 6.03 Å². The van der Waals surface area contributed by atoms with Gasteiger partial charge in [-0.2, -0.15) is 0 Å². The van der Waals surface area contributed by atoms with E-state index in [0.29, 0.717) is 13.1 Å². The molecule has 0 aliphatic heterocycles. The van der Waals surface area contributed by atoms with Gasteiger partial charge in [-0.3, -0.25) is 4.57 Å². The first-order valence-electron chi connectivity index (χ1n) is 7.70. The van der Waals surface area contributed by atoms with Gasteiger partial charge in [0.25, 0.3) is 0 Å². The molecule has 3 N–H and O–H groups in total. The van der Waals surface area contributed by atoms with Crippen molar-refractivity contribution in [3.63, 3.8) is 0 Å². The van der Waals surface area contributed by atoms with Crippen LogP contribution in [0.25, 0.3) is 5.82 Å². The van der Waals surface area contributed by atoms with Crippen LogP contribution in [0.5, 0.6) is 0 Å². The zero-order valence-electron chi connectivity index (χ0n) is 13.1. The van der Waals surface area contributed by atoms with E-state index in [1.54, 1.807) is 12.4 Å². The normalized spacial score (nSPS) is 15.2. The molecule has 0 unspecified atom stereocenters. The maximum atomic E-state index is 11.8. The zero-order valence-corrected chi connectivity index (χ0v) is 13.1. The van der Waals surface area contributed by atoms with Crippen LogP contribution in [0.4, 0.5) is 4.79 Å². The van der Waals surface area contributed by atoms with Crippen LogP contribution < -0.4 is 10.6 Å². The SMILES string of the molecule is Cc1nccn1-c1ccc(CNC(=O)NCC2(CO)CC2)cn1. The summed E-state index contributed by atoms with van der Waals surface area (Å²) in [5.74, 6) is 1.67. The lowest BCUT2D eigenvalue weighted by Crippen LogP contribution is -2.39. The Kier molecular flexibility index (Phi) is 4.29. The zero-order chi connectivity index (χ0) is 16.3. The number of urea groups is 1. The molecule has 3 rings (SSSR count). The summed E-state index contributed by atoms with van der Waals surface area (Å²) in [5.41, 5.74) is 0.841. The van der Waals surface area contributed by atoms with E-state index < -0.39 is 0 Å². The third-order valence-corrected chi connectivity index (χ3v) is 4.25.